The zero-order valence-corrected chi connectivity index (χ0v) is 7.22. The number of nitrogens with zero attached hydrogens (tertiary/aromatic N) is 2. The number of hydrogen-bond donors (Lipinski definition) is 0. The summed E-state index contributed by atoms with van der Waals surface area (Å²) in [5, 5.41) is 8.37. The second-order valence-electron chi connectivity index (χ2n) is 3.77. The van der Waals surface area contributed by atoms with Crippen molar-refractivity contribution in [1.29, 1.82) is 0 Å². The molecule has 0 amide bonds. The van der Waals surface area contributed by atoms with Gasteiger partial charge in [-0.25, -0.2) is 0 Å². The Morgan fingerprint density at radius 1 is 1.27 bits per heavy atom. The summed E-state index contributed by atoms with van der Waals surface area (Å²) in [6.07, 6.45) is 5.05. The van der Waals surface area contributed by atoms with Gasteiger partial charge in [0, 0.05) is 11.1 Å². The highest BCUT2D eigenvalue weighted by atomic mass is 15.2. The van der Waals surface area contributed by atoms with Crippen LogP contribution >= 0.6 is 0 Å². The molecule has 1 aliphatic carbocycles. The van der Waals surface area contributed by atoms with Crippen LogP contribution in [0.3, 0.4) is 0 Å². The molecule has 0 unspecified atom stereocenters. The van der Waals surface area contributed by atoms with Crippen LogP contribution in [0.5, 0.6) is 0 Å². The molecule has 0 spiro atoms. The van der Waals surface area contributed by atoms with Gasteiger partial charge in [-0.05, 0) is 33.1 Å². The summed E-state index contributed by atoms with van der Waals surface area (Å²) in [6, 6.07) is 0. The molecule has 0 aromatic carbocycles. The Morgan fingerprint density at radius 3 is 2.82 bits per heavy atom. The summed E-state index contributed by atoms with van der Waals surface area (Å²) in [4.78, 5) is 0. The Morgan fingerprint density at radius 2 is 2.09 bits per heavy atom. The summed E-state index contributed by atoms with van der Waals surface area (Å²) in [5.74, 6) is 0. The van der Waals surface area contributed by atoms with Gasteiger partial charge >= 0.3 is 0 Å². The molecule has 0 aromatic rings. The van der Waals surface area contributed by atoms with Crippen molar-refractivity contribution in [2.45, 2.75) is 39.5 Å². The van der Waals surface area contributed by atoms with Gasteiger partial charge in [0.2, 0.25) is 0 Å². The second kappa shape index (κ2) is 2.16. The van der Waals surface area contributed by atoms with Crippen LogP contribution in [0.1, 0.15) is 39.5 Å². The lowest BCUT2D eigenvalue weighted by Gasteiger charge is -2.30. The molecule has 0 N–H and O–H groups in total. The molecular weight excluding hydrogens is 136 g/mol. The van der Waals surface area contributed by atoms with E-state index >= 15 is 0 Å². The van der Waals surface area contributed by atoms with E-state index in [0.29, 0.717) is 0 Å². The van der Waals surface area contributed by atoms with Crippen LogP contribution in [0.25, 0.3) is 0 Å². The lowest BCUT2D eigenvalue weighted by atomic mass is 9.72. The molecule has 60 valence electrons. The zero-order valence-electron chi connectivity index (χ0n) is 7.22. The Kier molecular flexibility index (Phi) is 1.38. The summed E-state index contributed by atoms with van der Waals surface area (Å²) >= 11 is 0. The third-order valence-electron chi connectivity index (χ3n) is 3.10. The number of fused-ring (bicyclic) bond motifs is 1. The van der Waals surface area contributed by atoms with Crippen LogP contribution in [0.4, 0.5) is 0 Å². The van der Waals surface area contributed by atoms with E-state index in [4.69, 9.17) is 0 Å². The van der Waals surface area contributed by atoms with Crippen molar-refractivity contribution in [2.75, 3.05) is 0 Å². The number of hydrogen-bond acceptors (Lipinski definition) is 2. The van der Waals surface area contributed by atoms with E-state index < -0.39 is 0 Å². The van der Waals surface area contributed by atoms with Crippen LogP contribution in [-0.2, 0) is 0 Å². The molecule has 2 rings (SSSR count). The SMILES string of the molecule is CC1=NN=C2CCCC[C@]12C. The lowest BCUT2D eigenvalue weighted by Crippen LogP contribution is -2.34. The molecule has 11 heavy (non-hydrogen) atoms. The first-order valence-electron chi connectivity index (χ1n) is 4.35. The van der Waals surface area contributed by atoms with Crippen LogP contribution in [0.15, 0.2) is 10.2 Å². The lowest BCUT2D eigenvalue weighted by molar-refractivity contribution is 0.492. The van der Waals surface area contributed by atoms with Crippen molar-refractivity contribution >= 4 is 11.4 Å². The Labute approximate surface area is 67.4 Å². The minimum atomic E-state index is 0.248. The van der Waals surface area contributed by atoms with Crippen molar-refractivity contribution < 1.29 is 0 Å². The van der Waals surface area contributed by atoms with Crippen LogP contribution in [-0.4, -0.2) is 11.4 Å². The van der Waals surface area contributed by atoms with E-state index in [1.165, 1.54) is 30.7 Å². The largest absolute Gasteiger partial charge is 0.159 e. The monoisotopic (exact) mass is 150 g/mol. The van der Waals surface area contributed by atoms with Crippen molar-refractivity contribution in [3.05, 3.63) is 0 Å². The summed E-state index contributed by atoms with van der Waals surface area (Å²) in [5.41, 5.74) is 2.78. The normalized spacial score (nSPS) is 36.2. The van der Waals surface area contributed by atoms with Crippen LogP contribution in [0, 0.1) is 5.41 Å². The fourth-order valence-electron chi connectivity index (χ4n) is 1.99. The fraction of sp³-hybridized carbons (Fsp3) is 0.778. The van der Waals surface area contributed by atoms with E-state index in [1.807, 2.05) is 0 Å². The van der Waals surface area contributed by atoms with E-state index in [2.05, 4.69) is 24.1 Å². The average molecular weight is 150 g/mol. The van der Waals surface area contributed by atoms with Gasteiger partial charge in [0.05, 0.1) is 5.71 Å². The van der Waals surface area contributed by atoms with Crippen LogP contribution in [0.2, 0.25) is 0 Å². The van der Waals surface area contributed by atoms with Crippen molar-refractivity contribution in [3.63, 3.8) is 0 Å². The first-order chi connectivity index (χ1) is 5.23. The molecule has 0 radical (unpaired) electrons. The molecule has 0 bridgehead atoms. The minimum Gasteiger partial charge on any atom is -0.159 e. The van der Waals surface area contributed by atoms with Gasteiger partial charge in [-0.1, -0.05) is 6.42 Å². The predicted octanol–water partition coefficient (Wildman–Crippen LogP) is 2.40. The maximum atomic E-state index is 4.22. The third-order valence-corrected chi connectivity index (χ3v) is 3.10. The molecule has 1 fully saturated rings. The molecule has 0 aromatic heterocycles. The third kappa shape index (κ3) is 0.849. The van der Waals surface area contributed by atoms with E-state index in [1.54, 1.807) is 0 Å². The van der Waals surface area contributed by atoms with E-state index in [0.717, 1.165) is 6.42 Å². The predicted molar refractivity (Wildman–Crippen MR) is 47.1 cm³/mol. The van der Waals surface area contributed by atoms with Crippen LogP contribution < -0.4 is 0 Å². The summed E-state index contributed by atoms with van der Waals surface area (Å²) in [6.45, 7) is 4.37. The molecule has 0 saturated heterocycles. The van der Waals surface area contributed by atoms with Gasteiger partial charge < -0.3 is 0 Å². The maximum absolute atomic E-state index is 4.22. The smallest absolute Gasteiger partial charge is 0.0521 e. The molecule has 2 heteroatoms. The quantitative estimate of drug-likeness (QED) is 0.506. The van der Waals surface area contributed by atoms with Gasteiger partial charge in [0.15, 0.2) is 0 Å². The Balaban J connectivity index is 2.33. The van der Waals surface area contributed by atoms with Gasteiger partial charge in [0.1, 0.15) is 0 Å². The summed E-state index contributed by atoms with van der Waals surface area (Å²) < 4.78 is 0. The minimum absolute atomic E-state index is 0.248. The van der Waals surface area contributed by atoms with Gasteiger partial charge in [-0.15, -0.1) is 0 Å². The van der Waals surface area contributed by atoms with Crippen molar-refractivity contribution in [1.82, 2.24) is 0 Å². The molecule has 1 saturated carbocycles. The second-order valence-corrected chi connectivity index (χ2v) is 3.77. The zero-order chi connectivity index (χ0) is 7.90. The van der Waals surface area contributed by atoms with Crippen molar-refractivity contribution in [2.24, 2.45) is 15.6 Å². The highest BCUT2D eigenvalue weighted by Crippen LogP contribution is 2.38. The van der Waals surface area contributed by atoms with E-state index in [-0.39, 0.29) is 5.41 Å². The first kappa shape index (κ1) is 7.01. The van der Waals surface area contributed by atoms with Crippen molar-refractivity contribution in [3.8, 4) is 0 Å². The van der Waals surface area contributed by atoms with Gasteiger partial charge in [0.25, 0.3) is 0 Å². The standard InChI is InChI=1S/C9H14N2/c1-7-9(2)6-4-3-5-8(9)11-10-7/h3-6H2,1-2H3/t9-/m1/s1. The topological polar surface area (TPSA) is 24.7 Å². The number of rotatable bonds is 0. The Bertz CT molecular complexity index is 240. The maximum Gasteiger partial charge on any atom is 0.0521 e. The molecular formula is C9H14N2. The van der Waals surface area contributed by atoms with Gasteiger partial charge in [-0.2, -0.15) is 10.2 Å². The van der Waals surface area contributed by atoms with Gasteiger partial charge in [-0.3, -0.25) is 0 Å². The average Bonchev–Trinajstić information content (AvgIpc) is 2.29. The first-order valence-corrected chi connectivity index (χ1v) is 4.35. The summed E-state index contributed by atoms with van der Waals surface area (Å²) in [7, 11) is 0. The fourth-order valence-corrected chi connectivity index (χ4v) is 1.99. The Hall–Kier alpha value is -0.660. The molecule has 2 aliphatic rings. The van der Waals surface area contributed by atoms with E-state index in [9.17, 15) is 0 Å². The molecule has 1 atom stereocenters. The molecule has 1 heterocycles. The molecule has 2 nitrogen and oxygen atoms in total. The highest BCUT2D eigenvalue weighted by Gasteiger charge is 2.38. The highest BCUT2D eigenvalue weighted by molar-refractivity contribution is 6.13. The molecule has 1 aliphatic heterocycles.